The Balaban J connectivity index is 0.00000113. The summed E-state index contributed by atoms with van der Waals surface area (Å²) in [6, 6.07) is 8.55. The standard InChI is InChI=1S/4C15H26OSi.C15H22OSi.4CH3.4ClH.2Zr/c5*1-15(2,3)17(4,5)16-14-11-10-12-8-6-7-9-13(12)14;;;;;;;;;;/h4*6-9,12-14H,10-11H2,1-5H3;6-9,11H,10H2,1-5H3;4*1H3;4*1H;;/q;;;;;4*-1;;;;;2*+4/p-4. The Kier molecular flexibility index (Phi) is 40.9. The second kappa shape index (κ2) is 40.7. The number of hydrogen-bond donors (Lipinski definition) is 0. The van der Waals surface area contributed by atoms with Crippen molar-refractivity contribution in [2.45, 2.75) is 277 Å². The minimum atomic E-state index is -1.71. The van der Waals surface area contributed by atoms with Crippen molar-refractivity contribution in [1.29, 1.82) is 0 Å². The molecule has 0 bridgehead atoms. The van der Waals surface area contributed by atoms with Gasteiger partial charge in [0.05, 0.1) is 24.4 Å². The molecule has 12 unspecified atom stereocenters. The quantitative estimate of drug-likeness (QED) is 0.173. The molecule has 10 rings (SSSR count). The Morgan fingerprint density at radius 1 is 0.337 bits per heavy atom. The molecule has 0 aromatic heterocycles. The molecule has 95 heavy (non-hydrogen) atoms. The molecule has 9 aliphatic carbocycles. The number of allylic oxidation sites excluding steroid dienone is 13. The van der Waals surface area contributed by atoms with Crippen LogP contribution in [0.25, 0.3) is 5.76 Å². The van der Waals surface area contributed by atoms with E-state index in [0.717, 1.165) is 35.9 Å². The zero-order valence-corrected chi connectivity index (χ0v) is 78.4. The number of halogens is 4. The molecule has 9 aliphatic rings. The summed E-state index contributed by atoms with van der Waals surface area (Å²) < 4.78 is 32.7. The van der Waals surface area contributed by atoms with Crippen molar-refractivity contribution in [2.75, 3.05) is 0 Å². The monoisotopic (exact) mass is 1630 g/mol. The second-order valence-corrected chi connectivity index (χ2v) is 65.7. The first-order valence-corrected chi connectivity index (χ1v) is 61.6. The fourth-order valence-electron chi connectivity index (χ4n) is 12.2. The van der Waals surface area contributed by atoms with Gasteiger partial charge in [0.15, 0.2) is 33.3 Å². The third-order valence-electron chi connectivity index (χ3n) is 23.0. The summed E-state index contributed by atoms with van der Waals surface area (Å²) in [5.74, 6) is 6.56. The van der Waals surface area contributed by atoms with Crippen molar-refractivity contribution in [3.8, 4) is 0 Å². The van der Waals surface area contributed by atoms with E-state index in [-0.39, 0.29) is 34.7 Å². The summed E-state index contributed by atoms with van der Waals surface area (Å²) in [5.41, 5.74) is 2.68. The molecule has 4 fully saturated rings. The van der Waals surface area contributed by atoms with E-state index in [0.29, 0.717) is 68.2 Å². The van der Waals surface area contributed by atoms with Crippen LogP contribution in [-0.2, 0) is 70.2 Å². The maximum atomic E-state index is 6.59. The van der Waals surface area contributed by atoms with Gasteiger partial charge in [-0.2, -0.15) is 0 Å². The van der Waals surface area contributed by atoms with Gasteiger partial charge in [-0.25, -0.2) is 0 Å². The topological polar surface area (TPSA) is 46.2 Å². The summed E-state index contributed by atoms with van der Waals surface area (Å²) in [7, 11) is 11.6. The van der Waals surface area contributed by atoms with Crippen LogP contribution < -0.4 is 0 Å². The third-order valence-corrected chi connectivity index (χ3v) is 45.4. The molecule has 16 heteroatoms. The van der Waals surface area contributed by atoms with Crippen LogP contribution >= 0.6 is 34.1 Å². The van der Waals surface area contributed by atoms with Gasteiger partial charge in [0.2, 0.25) is 8.32 Å². The van der Waals surface area contributed by atoms with Gasteiger partial charge in [0, 0.05) is 29.2 Å². The molecule has 4 saturated carbocycles. The van der Waals surface area contributed by atoms with E-state index in [4.69, 9.17) is 56.2 Å². The Hall–Kier alpha value is 0.531. The SMILES string of the molecule is CC(C)(C)[Si](C)(C)OC1=CCc2ccccc21.CC(C)(C)[Si](C)(C)OC1CCC2C=CC=CC21.CC(C)(C)[Si](C)(C)OC1CCC2C=CC=CC21.CC(C)(C)[Si](C)(C)OC1CCC2C=CC=CC21.CC(C)(C)[Si](C)(C)OC1CCC2C=CC=CC21.[CH3-].[CH3-].[CH3-].[CH3-].[Cl][Zr+2][Cl].[Cl][Zr+2][Cl]. The molecule has 540 valence electrons. The van der Waals surface area contributed by atoms with Gasteiger partial charge in [0.1, 0.15) is 5.76 Å². The molecule has 12 atom stereocenters. The molecule has 5 nitrogen and oxygen atoms in total. The summed E-state index contributed by atoms with van der Waals surface area (Å²) in [6.07, 6.45) is 51.6. The summed E-state index contributed by atoms with van der Waals surface area (Å²) >= 11 is -1.65. The number of hydrogen-bond acceptors (Lipinski definition) is 5. The van der Waals surface area contributed by atoms with Crippen LogP contribution in [0, 0.1) is 77.0 Å². The molecule has 0 saturated heterocycles. The molecule has 0 N–H and O–H groups in total. The fraction of sp³-hybridized carbons (Fsp3) is 0.646. The first kappa shape index (κ1) is 95.5. The van der Waals surface area contributed by atoms with Crippen LogP contribution in [0.15, 0.2) is 128 Å². The molecule has 1 aromatic carbocycles. The van der Waals surface area contributed by atoms with Crippen molar-refractivity contribution < 1.29 is 63.8 Å². The zero-order chi connectivity index (χ0) is 68.8. The molecular weight excluding hydrogens is 1490 g/mol. The molecule has 0 spiro atoms. The summed E-state index contributed by atoms with van der Waals surface area (Å²) in [4.78, 5) is 0. The van der Waals surface area contributed by atoms with Crippen LogP contribution in [-0.4, -0.2) is 66.0 Å². The number of benzene rings is 1. The van der Waals surface area contributed by atoms with Crippen LogP contribution in [0.3, 0.4) is 0 Å². The van der Waals surface area contributed by atoms with Gasteiger partial charge in [-0.05, 0) is 184 Å². The molecular formula is C79H138Cl4O5Si5Zr2. The van der Waals surface area contributed by atoms with E-state index in [1.807, 2.05) is 0 Å². The van der Waals surface area contributed by atoms with Gasteiger partial charge < -0.3 is 51.8 Å². The predicted molar refractivity (Wildman–Crippen MR) is 432 cm³/mol. The van der Waals surface area contributed by atoms with Gasteiger partial charge in [-0.3, -0.25) is 0 Å². The summed E-state index contributed by atoms with van der Waals surface area (Å²) in [6.45, 7) is 58.2. The van der Waals surface area contributed by atoms with E-state index in [2.05, 4.69) is 297 Å². The van der Waals surface area contributed by atoms with Gasteiger partial charge in [-0.1, -0.05) is 225 Å². The molecule has 0 heterocycles. The van der Waals surface area contributed by atoms with Crippen molar-refractivity contribution in [3.63, 3.8) is 0 Å². The number of rotatable bonds is 10. The Morgan fingerprint density at radius 2 is 0.558 bits per heavy atom. The van der Waals surface area contributed by atoms with Gasteiger partial charge in [-0.15, -0.1) is 0 Å². The van der Waals surface area contributed by atoms with Crippen molar-refractivity contribution in [3.05, 3.63) is 168 Å². The first-order chi connectivity index (χ1) is 41.9. The second-order valence-electron chi connectivity index (χ2n) is 34.5. The van der Waals surface area contributed by atoms with Crippen LogP contribution in [0.2, 0.25) is 90.7 Å². The zero-order valence-electron chi connectivity index (χ0n) is 65.5. The Morgan fingerprint density at radius 3 is 0.789 bits per heavy atom. The van der Waals surface area contributed by atoms with E-state index in [1.165, 1.54) is 62.5 Å². The Labute approximate surface area is 631 Å². The Bertz CT molecular complexity index is 2430. The predicted octanol–water partition coefficient (Wildman–Crippen LogP) is 27.3. The average Bonchev–Trinajstić information content (AvgIpc) is 1.65. The normalized spacial score (nSPS) is 26.5. The molecule has 1 aromatic rings. The van der Waals surface area contributed by atoms with E-state index >= 15 is 0 Å². The van der Waals surface area contributed by atoms with E-state index < -0.39 is 83.3 Å². The third kappa shape index (κ3) is 27.8. The minimum absolute atomic E-state index is 0. The molecule has 0 radical (unpaired) electrons. The fourth-order valence-corrected chi connectivity index (χ4v) is 18.8. The van der Waals surface area contributed by atoms with Crippen LogP contribution in [0.4, 0.5) is 0 Å². The van der Waals surface area contributed by atoms with Crippen molar-refractivity contribution >= 4 is 81.4 Å². The van der Waals surface area contributed by atoms with E-state index in [9.17, 15) is 0 Å². The van der Waals surface area contributed by atoms with Gasteiger partial charge >= 0.3 is 75.7 Å². The van der Waals surface area contributed by atoms with Gasteiger partial charge in [0.25, 0.3) is 0 Å². The number of fused-ring (bicyclic) bond motifs is 5. The first-order valence-electron chi connectivity index (χ1n) is 34.4. The van der Waals surface area contributed by atoms with Crippen LogP contribution in [0.5, 0.6) is 0 Å². The van der Waals surface area contributed by atoms with Crippen molar-refractivity contribution in [1.82, 2.24) is 0 Å². The summed E-state index contributed by atoms with van der Waals surface area (Å²) in [5, 5.41) is 1.53. The van der Waals surface area contributed by atoms with Crippen LogP contribution in [0.1, 0.15) is 166 Å². The maximum absolute atomic E-state index is 6.59. The molecule has 0 aliphatic heterocycles. The van der Waals surface area contributed by atoms with Crippen molar-refractivity contribution in [2.24, 2.45) is 47.3 Å². The van der Waals surface area contributed by atoms with E-state index in [1.54, 1.807) is 0 Å². The molecule has 0 amide bonds. The average molecular weight is 1630 g/mol.